The zero-order chi connectivity index (χ0) is 15.5. The number of likely N-dealkylation sites (tertiary alicyclic amines) is 1. The van der Waals surface area contributed by atoms with Crippen molar-refractivity contribution in [2.24, 2.45) is 0 Å². The van der Waals surface area contributed by atoms with Gasteiger partial charge in [-0.05, 0) is 50.6 Å². The highest BCUT2D eigenvalue weighted by Gasteiger charge is 2.43. The number of aliphatic carboxylic acids is 1. The minimum absolute atomic E-state index is 0.0782. The minimum Gasteiger partial charge on any atom is -0.497 e. The van der Waals surface area contributed by atoms with E-state index in [1.165, 1.54) is 0 Å². The fourth-order valence-corrected chi connectivity index (χ4v) is 2.56. The molecule has 6 nitrogen and oxygen atoms in total. The van der Waals surface area contributed by atoms with Crippen molar-refractivity contribution in [2.75, 3.05) is 25.5 Å². The Morgan fingerprint density at radius 1 is 1.38 bits per heavy atom. The lowest BCUT2D eigenvalue weighted by atomic mass is 9.99. The lowest BCUT2D eigenvalue weighted by Gasteiger charge is -2.30. The van der Waals surface area contributed by atoms with Crippen LogP contribution in [0.4, 0.5) is 5.69 Å². The maximum Gasteiger partial charge on any atom is 0.323 e. The molecule has 0 spiro atoms. The number of anilines is 1. The number of ether oxygens (including phenoxy) is 1. The SMILES string of the molecule is COc1ccc(NC(=O)CN2CCCC2(C)C(=O)O)cc1. The van der Waals surface area contributed by atoms with Crippen LogP contribution in [0.1, 0.15) is 19.8 Å². The number of methoxy groups -OCH3 is 1. The van der Waals surface area contributed by atoms with Gasteiger partial charge in [0.05, 0.1) is 13.7 Å². The van der Waals surface area contributed by atoms with Crippen molar-refractivity contribution in [1.29, 1.82) is 0 Å². The van der Waals surface area contributed by atoms with E-state index in [2.05, 4.69) is 5.32 Å². The van der Waals surface area contributed by atoms with Crippen LogP contribution in [0.25, 0.3) is 0 Å². The van der Waals surface area contributed by atoms with E-state index in [0.717, 1.165) is 6.42 Å². The molecule has 2 N–H and O–H groups in total. The first-order valence-electron chi connectivity index (χ1n) is 6.88. The largest absolute Gasteiger partial charge is 0.497 e. The Bertz CT molecular complexity index is 529. The number of nitrogens with one attached hydrogen (secondary N) is 1. The molecular formula is C15H20N2O4. The van der Waals surface area contributed by atoms with Crippen LogP contribution in [-0.4, -0.2) is 47.6 Å². The third-order valence-electron chi connectivity index (χ3n) is 3.96. The van der Waals surface area contributed by atoms with Crippen LogP contribution in [0, 0.1) is 0 Å². The average Bonchev–Trinajstić information content (AvgIpc) is 2.82. The van der Waals surface area contributed by atoms with Gasteiger partial charge in [0.25, 0.3) is 0 Å². The van der Waals surface area contributed by atoms with Crippen molar-refractivity contribution in [3.05, 3.63) is 24.3 Å². The van der Waals surface area contributed by atoms with Crippen molar-refractivity contribution >= 4 is 17.6 Å². The Morgan fingerprint density at radius 2 is 2.05 bits per heavy atom. The molecule has 2 rings (SSSR count). The highest BCUT2D eigenvalue weighted by molar-refractivity contribution is 5.93. The molecule has 1 aromatic rings. The summed E-state index contributed by atoms with van der Waals surface area (Å²) in [7, 11) is 1.58. The van der Waals surface area contributed by atoms with E-state index in [0.29, 0.717) is 24.4 Å². The van der Waals surface area contributed by atoms with E-state index < -0.39 is 11.5 Å². The number of rotatable bonds is 5. The monoisotopic (exact) mass is 292 g/mol. The number of carboxylic acid groups (broad SMARTS) is 1. The molecule has 1 saturated heterocycles. The quantitative estimate of drug-likeness (QED) is 0.861. The van der Waals surface area contributed by atoms with Crippen LogP contribution < -0.4 is 10.1 Å². The first-order chi connectivity index (χ1) is 9.95. The Labute approximate surface area is 123 Å². The number of nitrogens with zero attached hydrogens (tertiary/aromatic N) is 1. The summed E-state index contributed by atoms with van der Waals surface area (Å²) < 4.78 is 5.05. The van der Waals surface area contributed by atoms with Crippen LogP contribution in [-0.2, 0) is 9.59 Å². The maximum absolute atomic E-state index is 12.1. The molecule has 1 fully saturated rings. The zero-order valence-electron chi connectivity index (χ0n) is 12.3. The van der Waals surface area contributed by atoms with Crippen molar-refractivity contribution in [1.82, 2.24) is 4.90 Å². The predicted molar refractivity (Wildman–Crippen MR) is 78.5 cm³/mol. The van der Waals surface area contributed by atoms with Crippen LogP contribution >= 0.6 is 0 Å². The lowest BCUT2D eigenvalue weighted by molar-refractivity contribution is -0.149. The molecule has 0 bridgehead atoms. The summed E-state index contributed by atoms with van der Waals surface area (Å²) in [6.45, 7) is 2.37. The van der Waals surface area contributed by atoms with E-state index in [4.69, 9.17) is 4.74 Å². The topological polar surface area (TPSA) is 78.9 Å². The van der Waals surface area contributed by atoms with Crippen molar-refractivity contribution in [3.63, 3.8) is 0 Å². The van der Waals surface area contributed by atoms with Gasteiger partial charge in [-0.25, -0.2) is 0 Å². The van der Waals surface area contributed by atoms with Crippen LogP contribution in [0.3, 0.4) is 0 Å². The van der Waals surface area contributed by atoms with E-state index in [1.807, 2.05) is 0 Å². The van der Waals surface area contributed by atoms with Gasteiger partial charge in [-0.15, -0.1) is 0 Å². The molecule has 1 aliphatic heterocycles. The van der Waals surface area contributed by atoms with Gasteiger partial charge < -0.3 is 15.2 Å². The molecule has 21 heavy (non-hydrogen) atoms. The number of hydrogen-bond acceptors (Lipinski definition) is 4. The second-order valence-corrected chi connectivity index (χ2v) is 5.38. The van der Waals surface area contributed by atoms with Gasteiger partial charge in [0.15, 0.2) is 0 Å². The molecule has 0 saturated carbocycles. The van der Waals surface area contributed by atoms with Gasteiger partial charge in [-0.3, -0.25) is 14.5 Å². The molecule has 1 aromatic carbocycles. The molecule has 1 atom stereocenters. The summed E-state index contributed by atoms with van der Waals surface area (Å²) in [4.78, 5) is 25.1. The van der Waals surface area contributed by atoms with Crippen LogP contribution in [0.2, 0.25) is 0 Å². The second kappa shape index (κ2) is 6.13. The lowest BCUT2D eigenvalue weighted by Crippen LogP contribution is -2.50. The third kappa shape index (κ3) is 3.33. The molecule has 0 aliphatic carbocycles. The standard InChI is InChI=1S/C15H20N2O4/c1-15(14(19)20)8-3-9-17(15)10-13(18)16-11-4-6-12(21-2)7-5-11/h4-7H,3,8-10H2,1-2H3,(H,16,18)(H,19,20). The van der Waals surface area contributed by atoms with Gasteiger partial charge in [-0.2, -0.15) is 0 Å². The molecule has 6 heteroatoms. The molecular weight excluding hydrogens is 272 g/mol. The fraction of sp³-hybridized carbons (Fsp3) is 0.467. The molecule has 114 valence electrons. The summed E-state index contributed by atoms with van der Waals surface area (Å²) in [5.74, 6) is -0.377. The highest BCUT2D eigenvalue weighted by Crippen LogP contribution is 2.28. The number of amides is 1. The van der Waals surface area contributed by atoms with Crippen LogP contribution in [0.5, 0.6) is 5.75 Å². The first kappa shape index (κ1) is 15.3. The van der Waals surface area contributed by atoms with Crippen molar-refractivity contribution in [3.8, 4) is 5.75 Å². The Kier molecular flexibility index (Phi) is 4.47. The number of benzene rings is 1. The number of carbonyl (C=O) groups is 2. The summed E-state index contributed by atoms with van der Waals surface area (Å²) in [5, 5.41) is 12.1. The minimum atomic E-state index is -0.947. The maximum atomic E-state index is 12.1. The molecule has 1 amide bonds. The Morgan fingerprint density at radius 3 is 2.62 bits per heavy atom. The van der Waals surface area contributed by atoms with Gasteiger partial charge in [-0.1, -0.05) is 0 Å². The Balaban J connectivity index is 1.96. The third-order valence-corrected chi connectivity index (χ3v) is 3.96. The van der Waals surface area contributed by atoms with Gasteiger partial charge >= 0.3 is 5.97 Å². The number of carboxylic acids is 1. The van der Waals surface area contributed by atoms with Crippen LogP contribution in [0.15, 0.2) is 24.3 Å². The fourth-order valence-electron chi connectivity index (χ4n) is 2.56. The smallest absolute Gasteiger partial charge is 0.323 e. The second-order valence-electron chi connectivity index (χ2n) is 5.38. The Hall–Kier alpha value is -2.08. The predicted octanol–water partition coefficient (Wildman–Crippen LogP) is 1.57. The number of carbonyl (C=O) groups excluding carboxylic acids is 1. The molecule has 1 unspecified atom stereocenters. The molecule has 1 aliphatic rings. The van der Waals surface area contributed by atoms with Gasteiger partial charge in [0, 0.05) is 5.69 Å². The summed E-state index contributed by atoms with van der Waals surface area (Å²) >= 11 is 0. The highest BCUT2D eigenvalue weighted by atomic mass is 16.5. The van der Waals surface area contributed by atoms with E-state index in [1.54, 1.807) is 43.2 Å². The molecule has 0 aromatic heterocycles. The summed E-state index contributed by atoms with van der Waals surface area (Å²) in [5.41, 5.74) is -0.283. The molecule has 1 heterocycles. The zero-order valence-corrected chi connectivity index (χ0v) is 12.3. The molecule has 0 radical (unpaired) electrons. The van der Waals surface area contributed by atoms with E-state index in [-0.39, 0.29) is 12.5 Å². The van der Waals surface area contributed by atoms with Crippen molar-refractivity contribution < 1.29 is 19.4 Å². The van der Waals surface area contributed by atoms with Gasteiger partial charge in [0.1, 0.15) is 11.3 Å². The first-order valence-corrected chi connectivity index (χ1v) is 6.88. The normalized spacial score (nSPS) is 22.0. The summed E-state index contributed by atoms with van der Waals surface area (Å²) in [6, 6.07) is 7.01. The van der Waals surface area contributed by atoms with Crippen molar-refractivity contribution in [2.45, 2.75) is 25.3 Å². The van der Waals surface area contributed by atoms with E-state index in [9.17, 15) is 14.7 Å². The van der Waals surface area contributed by atoms with E-state index >= 15 is 0 Å². The average molecular weight is 292 g/mol. The number of hydrogen-bond donors (Lipinski definition) is 2. The van der Waals surface area contributed by atoms with Gasteiger partial charge in [0.2, 0.25) is 5.91 Å². The summed E-state index contributed by atoms with van der Waals surface area (Å²) in [6.07, 6.45) is 1.36.